The summed E-state index contributed by atoms with van der Waals surface area (Å²) in [6, 6.07) is 0.852. The average Bonchev–Trinajstić information content (AvgIpc) is 3.26. The van der Waals surface area contributed by atoms with Gasteiger partial charge in [-0.25, -0.2) is 4.98 Å². The number of aromatic nitrogens is 2. The summed E-state index contributed by atoms with van der Waals surface area (Å²) >= 11 is 0. The van der Waals surface area contributed by atoms with Crippen LogP contribution in [0.4, 0.5) is 5.82 Å². The molecule has 2 saturated carbocycles. The molecule has 0 unspecified atom stereocenters. The van der Waals surface area contributed by atoms with Crippen molar-refractivity contribution in [2.24, 2.45) is 5.92 Å². The van der Waals surface area contributed by atoms with Crippen LogP contribution in [0.2, 0.25) is 0 Å². The Morgan fingerprint density at radius 2 is 2.00 bits per heavy atom. The number of nitrogens with zero attached hydrogens (tertiary/aromatic N) is 2. The van der Waals surface area contributed by atoms with Gasteiger partial charge in [-0.3, -0.25) is 4.79 Å². The second kappa shape index (κ2) is 5.35. The van der Waals surface area contributed by atoms with Gasteiger partial charge in [-0.1, -0.05) is 13.3 Å². The van der Waals surface area contributed by atoms with E-state index in [-0.39, 0.29) is 5.56 Å². The van der Waals surface area contributed by atoms with Crippen LogP contribution in [0.3, 0.4) is 0 Å². The maximum Gasteiger partial charge on any atom is 0.293 e. The van der Waals surface area contributed by atoms with Crippen molar-refractivity contribution in [3.8, 4) is 0 Å². The van der Waals surface area contributed by atoms with Gasteiger partial charge >= 0.3 is 0 Å². The summed E-state index contributed by atoms with van der Waals surface area (Å²) in [4.78, 5) is 16.5. The Kier molecular flexibility index (Phi) is 3.58. The highest BCUT2D eigenvalue weighted by atomic mass is 16.1. The fraction of sp³-hybridized carbons (Fsp3) is 0.733. The van der Waals surface area contributed by atoms with E-state index < -0.39 is 0 Å². The second-order valence-electron chi connectivity index (χ2n) is 5.99. The van der Waals surface area contributed by atoms with E-state index in [4.69, 9.17) is 0 Å². The van der Waals surface area contributed by atoms with Crippen LogP contribution in [0.15, 0.2) is 17.2 Å². The molecule has 0 bridgehead atoms. The summed E-state index contributed by atoms with van der Waals surface area (Å²) in [7, 11) is 0. The Labute approximate surface area is 114 Å². The van der Waals surface area contributed by atoms with Gasteiger partial charge in [0.1, 0.15) is 0 Å². The standard InChI is InChI=1S/C15H23N3O/c1-2-11-3-5-12(6-4-11)17-14-15(19)18(10-9-16-14)13-7-8-13/h9-13H,2-8H2,1H3,(H,16,17). The predicted molar refractivity (Wildman–Crippen MR) is 76.4 cm³/mol. The molecule has 1 heterocycles. The molecular weight excluding hydrogens is 238 g/mol. The first-order valence-electron chi connectivity index (χ1n) is 7.61. The zero-order chi connectivity index (χ0) is 13.2. The average molecular weight is 261 g/mol. The lowest BCUT2D eigenvalue weighted by molar-refractivity contribution is 0.329. The smallest absolute Gasteiger partial charge is 0.293 e. The summed E-state index contributed by atoms with van der Waals surface area (Å²) < 4.78 is 1.84. The molecule has 2 fully saturated rings. The molecule has 2 aliphatic rings. The highest BCUT2D eigenvalue weighted by Gasteiger charge is 2.26. The third-order valence-corrected chi connectivity index (χ3v) is 4.57. The molecule has 104 valence electrons. The van der Waals surface area contributed by atoms with Gasteiger partial charge in [0.15, 0.2) is 5.82 Å². The molecular formula is C15H23N3O. The molecule has 19 heavy (non-hydrogen) atoms. The third kappa shape index (κ3) is 2.82. The van der Waals surface area contributed by atoms with Crippen LogP contribution in [0, 0.1) is 5.92 Å². The number of hydrogen-bond acceptors (Lipinski definition) is 3. The molecule has 4 nitrogen and oxygen atoms in total. The van der Waals surface area contributed by atoms with E-state index in [0.29, 0.717) is 17.9 Å². The van der Waals surface area contributed by atoms with Crippen molar-refractivity contribution >= 4 is 5.82 Å². The highest BCUT2D eigenvalue weighted by molar-refractivity contribution is 5.32. The molecule has 0 aliphatic heterocycles. The maximum atomic E-state index is 12.3. The van der Waals surface area contributed by atoms with Crippen molar-refractivity contribution in [1.29, 1.82) is 0 Å². The quantitative estimate of drug-likeness (QED) is 0.906. The van der Waals surface area contributed by atoms with Crippen LogP contribution in [0.1, 0.15) is 57.9 Å². The third-order valence-electron chi connectivity index (χ3n) is 4.57. The second-order valence-corrected chi connectivity index (χ2v) is 5.99. The molecule has 0 atom stereocenters. The number of anilines is 1. The first kappa shape index (κ1) is 12.7. The van der Waals surface area contributed by atoms with Crippen molar-refractivity contribution in [1.82, 2.24) is 9.55 Å². The largest absolute Gasteiger partial charge is 0.363 e. The zero-order valence-corrected chi connectivity index (χ0v) is 11.6. The highest BCUT2D eigenvalue weighted by Crippen LogP contribution is 2.33. The molecule has 0 spiro atoms. The van der Waals surface area contributed by atoms with Gasteiger partial charge in [-0.05, 0) is 44.4 Å². The van der Waals surface area contributed by atoms with Crippen molar-refractivity contribution in [2.45, 2.75) is 64.0 Å². The van der Waals surface area contributed by atoms with Gasteiger partial charge in [0.05, 0.1) is 0 Å². The monoisotopic (exact) mass is 261 g/mol. The first-order chi connectivity index (χ1) is 9.28. The van der Waals surface area contributed by atoms with Gasteiger partial charge in [0.25, 0.3) is 5.56 Å². The fourth-order valence-corrected chi connectivity index (χ4v) is 3.07. The maximum absolute atomic E-state index is 12.3. The lowest BCUT2D eigenvalue weighted by Gasteiger charge is -2.28. The predicted octanol–water partition coefficient (Wildman–Crippen LogP) is 2.96. The van der Waals surface area contributed by atoms with Crippen molar-refractivity contribution in [2.75, 3.05) is 5.32 Å². The van der Waals surface area contributed by atoms with E-state index in [1.54, 1.807) is 6.20 Å². The summed E-state index contributed by atoms with van der Waals surface area (Å²) in [5.74, 6) is 1.43. The summed E-state index contributed by atoms with van der Waals surface area (Å²) in [5, 5.41) is 3.37. The van der Waals surface area contributed by atoms with Crippen molar-refractivity contribution in [3.05, 3.63) is 22.7 Å². The van der Waals surface area contributed by atoms with E-state index in [1.807, 2.05) is 10.8 Å². The minimum absolute atomic E-state index is 0.0580. The fourth-order valence-electron chi connectivity index (χ4n) is 3.07. The normalized spacial score (nSPS) is 27.2. The summed E-state index contributed by atoms with van der Waals surface area (Å²) in [5.41, 5.74) is 0.0580. The van der Waals surface area contributed by atoms with E-state index >= 15 is 0 Å². The SMILES string of the molecule is CCC1CCC(Nc2nccn(C3CC3)c2=O)CC1. The molecule has 0 amide bonds. The van der Waals surface area contributed by atoms with Gasteiger partial charge in [0, 0.05) is 24.5 Å². The summed E-state index contributed by atoms with van der Waals surface area (Å²) in [6.45, 7) is 2.27. The van der Waals surface area contributed by atoms with Gasteiger partial charge in [0.2, 0.25) is 0 Å². The molecule has 0 aromatic carbocycles. The van der Waals surface area contributed by atoms with Crippen LogP contribution in [0.5, 0.6) is 0 Å². The first-order valence-corrected chi connectivity index (χ1v) is 7.61. The summed E-state index contributed by atoms with van der Waals surface area (Å²) in [6.07, 6.45) is 12.0. The Morgan fingerprint density at radius 3 is 2.63 bits per heavy atom. The Bertz CT molecular complexity index is 484. The minimum Gasteiger partial charge on any atom is -0.363 e. The number of hydrogen-bond donors (Lipinski definition) is 1. The molecule has 0 saturated heterocycles. The molecule has 1 N–H and O–H groups in total. The van der Waals surface area contributed by atoms with E-state index in [9.17, 15) is 4.79 Å². The van der Waals surface area contributed by atoms with Crippen LogP contribution >= 0.6 is 0 Å². The lowest BCUT2D eigenvalue weighted by Crippen LogP contribution is -2.31. The Morgan fingerprint density at radius 1 is 1.26 bits per heavy atom. The van der Waals surface area contributed by atoms with E-state index in [2.05, 4.69) is 17.2 Å². The van der Waals surface area contributed by atoms with Gasteiger partial charge in [-0.15, -0.1) is 0 Å². The van der Waals surface area contributed by atoms with Crippen LogP contribution in [-0.4, -0.2) is 15.6 Å². The van der Waals surface area contributed by atoms with Crippen LogP contribution in [0.25, 0.3) is 0 Å². The molecule has 1 aromatic rings. The van der Waals surface area contributed by atoms with Crippen LogP contribution in [-0.2, 0) is 0 Å². The Balaban J connectivity index is 1.67. The zero-order valence-electron chi connectivity index (χ0n) is 11.6. The topological polar surface area (TPSA) is 46.9 Å². The number of nitrogens with one attached hydrogen (secondary N) is 1. The molecule has 3 rings (SSSR count). The van der Waals surface area contributed by atoms with Gasteiger partial charge in [-0.2, -0.15) is 0 Å². The van der Waals surface area contributed by atoms with Gasteiger partial charge < -0.3 is 9.88 Å². The van der Waals surface area contributed by atoms with E-state index in [1.165, 1.54) is 19.3 Å². The Hall–Kier alpha value is -1.32. The molecule has 2 aliphatic carbocycles. The number of rotatable bonds is 4. The van der Waals surface area contributed by atoms with Crippen molar-refractivity contribution < 1.29 is 0 Å². The molecule has 4 heteroatoms. The lowest BCUT2D eigenvalue weighted by atomic mass is 9.84. The van der Waals surface area contributed by atoms with Crippen LogP contribution < -0.4 is 10.9 Å². The molecule has 1 aromatic heterocycles. The molecule has 0 radical (unpaired) electrons. The minimum atomic E-state index is 0.0580. The van der Waals surface area contributed by atoms with Crippen molar-refractivity contribution in [3.63, 3.8) is 0 Å². The van der Waals surface area contributed by atoms with E-state index in [0.717, 1.165) is 31.6 Å².